The maximum atomic E-state index is 12.9. The van der Waals surface area contributed by atoms with Crippen molar-refractivity contribution in [2.75, 3.05) is 18.4 Å². The summed E-state index contributed by atoms with van der Waals surface area (Å²) in [6.45, 7) is 6.22. The number of hydrogen-bond acceptors (Lipinski definition) is 5. The lowest BCUT2D eigenvalue weighted by molar-refractivity contribution is 0.102. The average Bonchev–Trinajstić information content (AvgIpc) is 3.24. The number of carbonyl (C=O) groups is 1. The second-order valence-electron chi connectivity index (χ2n) is 7.52. The lowest BCUT2D eigenvalue weighted by Gasteiger charge is -2.15. The fourth-order valence-corrected chi connectivity index (χ4v) is 3.91. The second kappa shape index (κ2) is 8.14. The molecule has 150 valence electrons. The Morgan fingerprint density at radius 2 is 2.14 bits per heavy atom. The quantitative estimate of drug-likeness (QED) is 0.699. The van der Waals surface area contributed by atoms with Crippen LogP contribution in [0, 0.1) is 13.8 Å². The topological polar surface area (TPSA) is 83.3 Å². The molecule has 0 spiro atoms. The van der Waals surface area contributed by atoms with Gasteiger partial charge >= 0.3 is 0 Å². The number of amides is 1. The van der Waals surface area contributed by atoms with E-state index in [0.717, 1.165) is 42.1 Å². The summed E-state index contributed by atoms with van der Waals surface area (Å²) in [5, 5.41) is 12.7. The molecule has 1 atom stereocenters. The normalized spacial score (nSPS) is 16.9. The summed E-state index contributed by atoms with van der Waals surface area (Å²) in [6, 6.07) is 9.74. The number of likely N-dealkylation sites (tertiary alicyclic amines) is 1. The third-order valence-corrected chi connectivity index (χ3v) is 5.29. The third kappa shape index (κ3) is 4.21. The van der Waals surface area contributed by atoms with Crippen molar-refractivity contribution in [3.8, 4) is 5.82 Å². The van der Waals surface area contributed by atoms with Gasteiger partial charge in [-0.25, -0.2) is 4.98 Å². The van der Waals surface area contributed by atoms with Crippen molar-refractivity contribution in [1.82, 2.24) is 19.4 Å². The molecule has 0 aliphatic carbocycles. The van der Waals surface area contributed by atoms with Gasteiger partial charge in [-0.15, -0.1) is 0 Å². The molecule has 1 aliphatic heterocycles. The highest BCUT2D eigenvalue weighted by Crippen LogP contribution is 2.21. The Morgan fingerprint density at radius 3 is 2.86 bits per heavy atom. The largest absolute Gasteiger partial charge is 0.392 e. The first-order valence-electron chi connectivity index (χ1n) is 9.77. The highest BCUT2D eigenvalue weighted by atomic mass is 16.3. The maximum absolute atomic E-state index is 12.9. The molecule has 0 saturated carbocycles. The number of rotatable bonds is 5. The Morgan fingerprint density at radius 1 is 1.28 bits per heavy atom. The van der Waals surface area contributed by atoms with E-state index in [0.29, 0.717) is 17.9 Å². The molecular weight excluding hydrogens is 366 g/mol. The maximum Gasteiger partial charge on any atom is 0.257 e. The second-order valence-corrected chi connectivity index (χ2v) is 7.52. The Bertz CT molecular complexity index is 1020. The Hall–Kier alpha value is -3.03. The monoisotopic (exact) mass is 391 g/mol. The summed E-state index contributed by atoms with van der Waals surface area (Å²) in [5.41, 5.74) is 4.23. The first-order chi connectivity index (χ1) is 14.0. The van der Waals surface area contributed by atoms with Crippen molar-refractivity contribution in [1.29, 1.82) is 0 Å². The predicted molar refractivity (Wildman–Crippen MR) is 111 cm³/mol. The van der Waals surface area contributed by atoms with E-state index in [4.69, 9.17) is 0 Å². The fourth-order valence-electron chi connectivity index (χ4n) is 3.91. The zero-order valence-electron chi connectivity index (χ0n) is 16.7. The van der Waals surface area contributed by atoms with Crippen molar-refractivity contribution in [3.63, 3.8) is 0 Å². The van der Waals surface area contributed by atoms with Gasteiger partial charge in [-0.3, -0.25) is 14.7 Å². The molecule has 1 aromatic carbocycles. The van der Waals surface area contributed by atoms with Crippen LogP contribution in [0.25, 0.3) is 5.82 Å². The number of benzene rings is 1. The standard InChI is InChI=1S/C22H25N5O2/c1-15-10-20(16(2)27(15)21-12-23-7-8-24-21)22(29)25-18-5-3-4-17(11-18)13-26-9-6-19(28)14-26/h3-5,7-8,10-12,19,28H,6,9,13-14H2,1-2H3,(H,25,29). The zero-order chi connectivity index (χ0) is 20.4. The van der Waals surface area contributed by atoms with Gasteiger partial charge in [0, 0.05) is 49.1 Å². The fraction of sp³-hybridized carbons (Fsp3) is 0.318. The molecule has 3 aromatic rings. The smallest absolute Gasteiger partial charge is 0.257 e. The number of carbonyl (C=O) groups excluding carboxylic acids is 1. The van der Waals surface area contributed by atoms with Gasteiger partial charge in [0.2, 0.25) is 0 Å². The Balaban J connectivity index is 1.51. The minimum absolute atomic E-state index is 0.151. The Kier molecular flexibility index (Phi) is 5.42. The number of β-amino-alcohol motifs (C(OH)–C–C–N with tert-alkyl or cyclic N) is 1. The van der Waals surface area contributed by atoms with Crippen LogP contribution in [0.2, 0.25) is 0 Å². The van der Waals surface area contributed by atoms with Crippen LogP contribution < -0.4 is 5.32 Å². The van der Waals surface area contributed by atoms with E-state index in [1.165, 1.54) is 0 Å². The Labute approximate surface area is 170 Å². The summed E-state index contributed by atoms with van der Waals surface area (Å²) >= 11 is 0. The number of aromatic nitrogens is 3. The summed E-state index contributed by atoms with van der Waals surface area (Å²) in [4.78, 5) is 23.6. The molecule has 2 N–H and O–H groups in total. The molecule has 7 nitrogen and oxygen atoms in total. The molecule has 2 aromatic heterocycles. The number of hydrogen-bond donors (Lipinski definition) is 2. The van der Waals surface area contributed by atoms with Gasteiger partial charge in [0.05, 0.1) is 17.9 Å². The minimum Gasteiger partial charge on any atom is -0.392 e. The highest BCUT2D eigenvalue weighted by molar-refractivity contribution is 6.05. The van der Waals surface area contributed by atoms with Gasteiger partial charge in [-0.05, 0) is 44.0 Å². The minimum atomic E-state index is -0.234. The van der Waals surface area contributed by atoms with Crippen LogP contribution in [0.3, 0.4) is 0 Å². The van der Waals surface area contributed by atoms with Crippen LogP contribution in [0.1, 0.15) is 33.7 Å². The molecular formula is C22H25N5O2. The lowest BCUT2D eigenvalue weighted by atomic mass is 10.1. The molecule has 7 heteroatoms. The summed E-state index contributed by atoms with van der Waals surface area (Å²) in [5.74, 6) is 0.540. The zero-order valence-corrected chi connectivity index (χ0v) is 16.7. The van der Waals surface area contributed by atoms with E-state index in [2.05, 4.69) is 20.2 Å². The van der Waals surface area contributed by atoms with E-state index in [9.17, 15) is 9.90 Å². The SMILES string of the molecule is Cc1cc(C(=O)Nc2cccc(CN3CCC(O)C3)c2)c(C)n1-c1cnccn1. The number of nitrogens with zero attached hydrogens (tertiary/aromatic N) is 4. The number of aryl methyl sites for hydroxylation is 1. The van der Waals surface area contributed by atoms with Crippen LogP contribution in [-0.4, -0.2) is 49.6 Å². The van der Waals surface area contributed by atoms with Gasteiger partial charge < -0.3 is 15.0 Å². The highest BCUT2D eigenvalue weighted by Gasteiger charge is 2.20. The van der Waals surface area contributed by atoms with Crippen molar-refractivity contribution in [2.24, 2.45) is 0 Å². The van der Waals surface area contributed by atoms with Crippen LogP contribution in [0.4, 0.5) is 5.69 Å². The van der Waals surface area contributed by atoms with Gasteiger partial charge in [-0.1, -0.05) is 12.1 Å². The van der Waals surface area contributed by atoms with Crippen LogP contribution in [0.5, 0.6) is 0 Å². The van der Waals surface area contributed by atoms with Crippen molar-refractivity contribution in [2.45, 2.75) is 32.9 Å². The number of aliphatic hydroxyl groups excluding tert-OH is 1. The van der Waals surface area contributed by atoms with Gasteiger partial charge in [-0.2, -0.15) is 0 Å². The van der Waals surface area contributed by atoms with Crippen LogP contribution in [-0.2, 0) is 6.54 Å². The number of aliphatic hydroxyl groups is 1. The molecule has 3 heterocycles. The number of anilines is 1. The van der Waals surface area contributed by atoms with Crippen LogP contribution in [0.15, 0.2) is 48.9 Å². The molecule has 0 radical (unpaired) electrons. The summed E-state index contributed by atoms with van der Waals surface area (Å²) in [6.07, 6.45) is 5.53. The molecule has 1 saturated heterocycles. The third-order valence-electron chi connectivity index (χ3n) is 5.29. The first-order valence-corrected chi connectivity index (χ1v) is 9.77. The summed E-state index contributed by atoms with van der Waals surface area (Å²) in [7, 11) is 0. The molecule has 0 bridgehead atoms. The molecule has 1 aliphatic rings. The first kappa shape index (κ1) is 19.3. The molecule has 1 unspecified atom stereocenters. The average molecular weight is 391 g/mol. The molecule has 4 rings (SSSR count). The van der Waals surface area contributed by atoms with E-state index in [1.54, 1.807) is 18.6 Å². The van der Waals surface area contributed by atoms with Crippen molar-refractivity contribution in [3.05, 3.63) is 71.4 Å². The van der Waals surface area contributed by atoms with E-state index in [-0.39, 0.29) is 12.0 Å². The molecule has 1 amide bonds. The van der Waals surface area contributed by atoms with Gasteiger partial charge in [0.15, 0.2) is 5.82 Å². The summed E-state index contributed by atoms with van der Waals surface area (Å²) < 4.78 is 1.93. The molecule has 29 heavy (non-hydrogen) atoms. The number of nitrogens with one attached hydrogen (secondary N) is 1. The van der Waals surface area contributed by atoms with Gasteiger partial charge in [0.1, 0.15) is 0 Å². The molecule has 1 fully saturated rings. The van der Waals surface area contributed by atoms with Crippen molar-refractivity contribution < 1.29 is 9.90 Å². The lowest BCUT2D eigenvalue weighted by Crippen LogP contribution is -2.21. The van der Waals surface area contributed by atoms with E-state index < -0.39 is 0 Å². The van der Waals surface area contributed by atoms with Crippen LogP contribution >= 0.6 is 0 Å². The van der Waals surface area contributed by atoms with E-state index in [1.807, 2.05) is 48.7 Å². The van der Waals surface area contributed by atoms with Gasteiger partial charge in [0.25, 0.3) is 5.91 Å². The predicted octanol–water partition coefficient (Wildman–Crippen LogP) is 2.70. The van der Waals surface area contributed by atoms with E-state index >= 15 is 0 Å². The van der Waals surface area contributed by atoms with Crippen molar-refractivity contribution >= 4 is 11.6 Å².